The number of ether oxygens (including phenoxy) is 2. The number of guanidine groups is 1. The topological polar surface area (TPSA) is 67.8 Å². The maximum Gasteiger partial charge on any atom is 0.417 e. The Morgan fingerprint density at radius 2 is 1.92 bits per heavy atom. The van der Waals surface area contributed by atoms with Gasteiger partial charge in [0.1, 0.15) is 6.61 Å². The summed E-state index contributed by atoms with van der Waals surface area (Å²) in [4.78, 5) is 7.72. The van der Waals surface area contributed by atoms with Crippen molar-refractivity contribution < 1.29 is 22.6 Å². The number of nitrogens with one attached hydrogen (secondary N) is 2. The summed E-state index contributed by atoms with van der Waals surface area (Å²) in [6, 6.07) is 2.14. The molecule has 1 heterocycles. The largest absolute Gasteiger partial charge is 0.476 e. The lowest BCUT2D eigenvalue weighted by atomic mass is 10.2. The fourth-order valence-corrected chi connectivity index (χ4v) is 1.88. The zero-order valence-electron chi connectivity index (χ0n) is 15.4. The molecule has 1 aromatic rings. The van der Waals surface area contributed by atoms with Gasteiger partial charge < -0.3 is 20.1 Å². The first kappa shape index (κ1) is 22.0. The summed E-state index contributed by atoms with van der Waals surface area (Å²) in [5.74, 6) is 1.29. The minimum absolute atomic E-state index is 0.144. The number of halogens is 3. The molecule has 26 heavy (non-hydrogen) atoms. The van der Waals surface area contributed by atoms with E-state index in [1.165, 1.54) is 6.07 Å². The van der Waals surface area contributed by atoms with Crippen molar-refractivity contribution in [1.29, 1.82) is 0 Å². The minimum Gasteiger partial charge on any atom is -0.476 e. The predicted octanol–water partition coefficient (Wildman–Crippen LogP) is 2.71. The van der Waals surface area contributed by atoms with Crippen LogP contribution in [0.1, 0.15) is 25.8 Å². The fourth-order valence-electron chi connectivity index (χ4n) is 1.88. The van der Waals surface area contributed by atoms with Crippen LogP contribution in [0.2, 0.25) is 0 Å². The average molecular weight is 376 g/mol. The van der Waals surface area contributed by atoms with Gasteiger partial charge in [-0.05, 0) is 18.4 Å². The minimum atomic E-state index is -4.40. The standard InChI is InChI=1S/C17H27F3N4O2/c1-13(2)12-25-9-4-7-22-16(21-3)23-8-10-26-15-6-5-14(11-24-15)17(18,19)20/h5-6,11,13H,4,7-10,12H2,1-3H3,(H2,21,22,23). The molecule has 148 valence electrons. The van der Waals surface area contributed by atoms with Crippen LogP contribution < -0.4 is 15.4 Å². The number of aliphatic imine (C=N–C) groups is 1. The van der Waals surface area contributed by atoms with Gasteiger partial charge in [-0.1, -0.05) is 13.8 Å². The molecule has 1 aromatic heterocycles. The van der Waals surface area contributed by atoms with Gasteiger partial charge >= 0.3 is 6.18 Å². The van der Waals surface area contributed by atoms with Crippen molar-refractivity contribution in [1.82, 2.24) is 15.6 Å². The molecular formula is C17H27F3N4O2. The summed E-state index contributed by atoms with van der Waals surface area (Å²) < 4.78 is 48.1. The summed E-state index contributed by atoms with van der Waals surface area (Å²) in [5, 5.41) is 6.19. The highest BCUT2D eigenvalue weighted by Gasteiger charge is 2.30. The third-order valence-corrected chi connectivity index (χ3v) is 3.14. The van der Waals surface area contributed by atoms with Gasteiger partial charge in [0.05, 0.1) is 12.1 Å². The van der Waals surface area contributed by atoms with Gasteiger partial charge in [0.2, 0.25) is 5.88 Å². The molecule has 0 spiro atoms. The molecule has 0 saturated carbocycles. The van der Waals surface area contributed by atoms with E-state index in [-0.39, 0.29) is 12.5 Å². The zero-order chi connectivity index (χ0) is 19.4. The third kappa shape index (κ3) is 9.45. The second kappa shape index (κ2) is 11.6. The highest BCUT2D eigenvalue weighted by Crippen LogP contribution is 2.29. The van der Waals surface area contributed by atoms with Crippen LogP contribution in [0.25, 0.3) is 0 Å². The number of aromatic nitrogens is 1. The number of pyridine rings is 1. The number of rotatable bonds is 10. The smallest absolute Gasteiger partial charge is 0.417 e. The van der Waals surface area contributed by atoms with Crippen molar-refractivity contribution in [3.63, 3.8) is 0 Å². The molecule has 6 nitrogen and oxygen atoms in total. The van der Waals surface area contributed by atoms with Crippen LogP contribution in [-0.2, 0) is 10.9 Å². The monoisotopic (exact) mass is 376 g/mol. The Labute approximate surface area is 152 Å². The van der Waals surface area contributed by atoms with Crippen LogP contribution in [0, 0.1) is 5.92 Å². The molecule has 0 amide bonds. The van der Waals surface area contributed by atoms with Crippen LogP contribution in [-0.4, -0.2) is 50.9 Å². The van der Waals surface area contributed by atoms with Crippen LogP contribution in [0.4, 0.5) is 13.2 Å². The second-order valence-electron chi connectivity index (χ2n) is 5.98. The SMILES string of the molecule is CN=C(NCCCOCC(C)C)NCCOc1ccc(C(F)(F)F)cn1. The predicted molar refractivity (Wildman–Crippen MR) is 94.4 cm³/mol. The maximum absolute atomic E-state index is 12.4. The molecule has 0 aliphatic rings. The van der Waals surface area contributed by atoms with E-state index >= 15 is 0 Å². The van der Waals surface area contributed by atoms with E-state index in [2.05, 4.69) is 34.5 Å². The Morgan fingerprint density at radius 1 is 1.19 bits per heavy atom. The molecule has 0 saturated heterocycles. The third-order valence-electron chi connectivity index (χ3n) is 3.14. The average Bonchev–Trinajstić information content (AvgIpc) is 2.59. The van der Waals surface area contributed by atoms with Crippen molar-refractivity contribution in [2.75, 3.05) is 40.0 Å². The van der Waals surface area contributed by atoms with E-state index in [4.69, 9.17) is 9.47 Å². The fraction of sp³-hybridized carbons (Fsp3) is 0.647. The molecule has 1 rings (SSSR count). The summed E-state index contributed by atoms with van der Waals surface area (Å²) in [6.07, 6.45) is -2.78. The number of hydrogen-bond acceptors (Lipinski definition) is 4. The first-order valence-corrected chi connectivity index (χ1v) is 8.51. The van der Waals surface area contributed by atoms with Crippen LogP contribution in [0.5, 0.6) is 5.88 Å². The quantitative estimate of drug-likeness (QED) is 0.373. The molecule has 0 unspecified atom stereocenters. The van der Waals surface area contributed by atoms with Crippen LogP contribution in [0.15, 0.2) is 23.3 Å². The van der Waals surface area contributed by atoms with Crippen molar-refractivity contribution in [2.24, 2.45) is 10.9 Å². The van der Waals surface area contributed by atoms with E-state index in [1.807, 2.05) is 0 Å². The van der Waals surface area contributed by atoms with Gasteiger partial charge in [0.15, 0.2) is 5.96 Å². The summed E-state index contributed by atoms with van der Waals surface area (Å²) >= 11 is 0. The van der Waals surface area contributed by atoms with Crippen molar-refractivity contribution in [3.05, 3.63) is 23.9 Å². The van der Waals surface area contributed by atoms with Crippen molar-refractivity contribution in [2.45, 2.75) is 26.4 Å². The van der Waals surface area contributed by atoms with Crippen LogP contribution in [0.3, 0.4) is 0 Å². The maximum atomic E-state index is 12.4. The van der Waals surface area contributed by atoms with E-state index in [0.29, 0.717) is 25.0 Å². The van der Waals surface area contributed by atoms with E-state index in [9.17, 15) is 13.2 Å². The van der Waals surface area contributed by atoms with Gasteiger partial charge in [-0.15, -0.1) is 0 Å². The number of hydrogen-bond donors (Lipinski definition) is 2. The molecule has 0 fully saturated rings. The molecule has 0 aromatic carbocycles. The lowest BCUT2D eigenvalue weighted by Crippen LogP contribution is -2.40. The molecule has 2 N–H and O–H groups in total. The van der Waals surface area contributed by atoms with Gasteiger partial charge in [0.25, 0.3) is 0 Å². The zero-order valence-corrected chi connectivity index (χ0v) is 15.4. The molecule has 0 atom stereocenters. The van der Waals surface area contributed by atoms with Gasteiger partial charge in [-0.25, -0.2) is 4.98 Å². The first-order chi connectivity index (χ1) is 12.3. The Kier molecular flexibility index (Phi) is 9.79. The summed E-state index contributed by atoms with van der Waals surface area (Å²) in [6.45, 7) is 7.05. The van der Waals surface area contributed by atoms with Crippen LogP contribution >= 0.6 is 0 Å². The van der Waals surface area contributed by atoms with Gasteiger partial charge in [-0.3, -0.25) is 4.99 Å². The molecule has 9 heteroatoms. The van der Waals surface area contributed by atoms with Gasteiger partial charge in [0, 0.05) is 39.1 Å². The Balaban J connectivity index is 2.17. The van der Waals surface area contributed by atoms with Gasteiger partial charge in [-0.2, -0.15) is 13.2 Å². The highest BCUT2D eigenvalue weighted by molar-refractivity contribution is 5.79. The molecule has 0 aliphatic carbocycles. The van der Waals surface area contributed by atoms with E-state index < -0.39 is 11.7 Å². The lowest BCUT2D eigenvalue weighted by Gasteiger charge is -2.13. The Bertz CT molecular complexity index is 534. The molecule has 0 bridgehead atoms. The van der Waals surface area contributed by atoms with E-state index in [0.717, 1.165) is 31.8 Å². The van der Waals surface area contributed by atoms with Crippen molar-refractivity contribution in [3.8, 4) is 5.88 Å². The summed E-state index contributed by atoms with van der Waals surface area (Å²) in [7, 11) is 1.66. The molecule has 0 aliphatic heterocycles. The second-order valence-corrected chi connectivity index (χ2v) is 5.98. The van der Waals surface area contributed by atoms with E-state index in [1.54, 1.807) is 7.05 Å². The Morgan fingerprint density at radius 3 is 2.50 bits per heavy atom. The van der Waals surface area contributed by atoms with Crippen molar-refractivity contribution >= 4 is 5.96 Å². The highest BCUT2D eigenvalue weighted by atomic mass is 19.4. The summed E-state index contributed by atoms with van der Waals surface area (Å²) in [5.41, 5.74) is -0.801. The lowest BCUT2D eigenvalue weighted by molar-refractivity contribution is -0.137. The number of nitrogens with zero attached hydrogens (tertiary/aromatic N) is 2. The first-order valence-electron chi connectivity index (χ1n) is 8.51. The Hall–Kier alpha value is -2.03. The molecule has 0 radical (unpaired) electrons. The number of alkyl halides is 3. The normalized spacial score (nSPS) is 12.3. The molecular weight excluding hydrogens is 349 g/mol.